The number of nitrogens with zero attached hydrogens (tertiary/aromatic N) is 2. The summed E-state index contributed by atoms with van der Waals surface area (Å²) < 4.78 is 27.9. The van der Waals surface area contributed by atoms with Gasteiger partial charge in [-0.15, -0.1) is 0 Å². The lowest BCUT2D eigenvalue weighted by Crippen LogP contribution is -2.45. The minimum absolute atomic E-state index is 0.0263. The van der Waals surface area contributed by atoms with Crippen LogP contribution in [0.4, 0.5) is 0 Å². The first-order chi connectivity index (χ1) is 11.2. The van der Waals surface area contributed by atoms with Crippen molar-refractivity contribution in [1.82, 2.24) is 14.2 Å². The van der Waals surface area contributed by atoms with Gasteiger partial charge < -0.3 is 9.47 Å². The van der Waals surface area contributed by atoms with E-state index in [9.17, 15) is 13.2 Å². The van der Waals surface area contributed by atoms with Crippen LogP contribution < -0.4 is 4.72 Å². The van der Waals surface area contributed by atoms with Gasteiger partial charge in [-0.25, -0.2) is 13.1 Å². The Kier molecular flexibility index (Phi) is 6.50. The van der Waals surface area contributed by atoms with E-state index in [-0.39, 0.29) is 18.0 Å². The lowest BCUT2D eigenvalue weighted by Gasteiger charge is -2.36. The predicted octanol–water partition coefficient (Wildman–Crippen LogP) is 2.77. The maximum Gasteiger partial charge on any atom is 0.270 e. The highest BCUT2D eigenvalue weighted by Crippen LogP contribution is 2.25. The lowest BCUT2D eigenvalue weighted by molar-refractivity contribution is 0.0591. The quantitative estimate of drug-likeness (QED) is 0.770. The Hall–Kier alpha value is -0.860. The highest BCUT2D eigenvalue weighted by molar-refractivity contribution is 9.10. The lowest BCUT2D eigenvalue weighted by atomic mass is 9.99. The maximum atomic E-state index is 13.1. The fourth-order valence-electron chi connectivity index (χ4n) is 3.17. The van der Waals surface area contributed by atoms with Gasteiger partial charge in [0.15, 0.2) is 0 Å². The Labute approximate surface area is 152 Å². The van der Waals surface area contributed by atoms with Gasteiger partial charge in [-0.05, 0) is 61.5 Å². The third-order valence-corrected chi connectivity index (χ3v) is 5.48. The molecule has 0 radical (unpaired) electrons. The van der Waals surface area contributed by atoms with E-state index < -0.39 is 10.0 Å². The first-order valence-electron chi connectivity index (χ1n) is 8.32. The van der Waals surface area contributed by atoms with Gasteiger partial charge in [0.05, 0.1) is 6.26 Å². The van der Waals surface area contributed by atoms with Crippen LogP contribution >= 0.6 is 15.9 Å². The average molecular weight is 420 g/mol. The molecular weight excluding hydrogens is 394 g/mol. The molecule has 0 saturated carbocycles. The predicted molar refractivity (Wildman–Crippen MR) is 98.7 cm³/mol. The molecule has 8 heteroatoms. The zero-order valence-corrected chi connectivity index (χ0v) is 16.9. The molecule has 1 amide bonds. The molecule has 2 heterocycles. The van der Waals surface area contributed by atoms with Crippen molar-refractivity contribution in [2.24, 2.45) is 0 Å². The number of rotatable bonds is 6. The van der Waals surface area contributed by atoms with Crippen molar-refractivity contribution in [2.45, 2.75) is 51.6 Å². The largest absolute Gasteiger partial charge is 0.340 e. The summed E-state index contributed by atoms with van der Waals surface area (Å²) in [7, 11) is -3.19. The normalized spacial score (nSPS) is 19.0. The summed E-state index contributed by atoms with van der Waals surface area (Å²) in [6.07, 6.45) is 6.71. The van der Waals surface area contributed by atoms with Gasteiger partial charge in [0.2, 0.25) is 10.0 Å². The Bertz CT molecular complexity index is 685. The van der Waals surface area contributed by atoms with E-state index in [0.29, 0.717) is 18.7 Å². The number of amides is 1. The molecular formula is C16H26BrN3O3S. The molecule has 2 rings (SSSR count). The van der Waals surface area contributed by atoms with Crippen molar-refractivity contribution in [1.29, 1.82) is 0 Å². The number of sulfonamides is 1. The topological polar surface area (TPSA) is 71.4 Å². The number of nitrogens with one attached hydrogen (secondary N) is 1. The molecule has 0 aromatic carbocycles. The van der Waals surface area contributed by atoms with Crippen molar-refractivity contribution in [2.75, 3.05) is 19.3 Å². The summed E-state index contributed by atoms with van der Waals surface area (Å²) in [4.78, 5) is 15.0. The van der Waals surface area contributed by atoms with Crippen molar-refractivity contribution < 1.29 is 13.2 Å². The van der Waals surface area contributed by atoms with Gasteiger partial charge in [-0.2, -0.15) is 0 Å². The first-order valence-corrected chi connectivity index (χ1v) is 11.0. The molecule has 0 aliphatic carbocycles. The van der Waals surface area contributed by atoms with Crippen LogP contribution in [0.1, 0.15) is 56.1 Å². The second-order valence-corrected chi connectivity index (χ2v) is 9.40. The molecule has 1 saturated heterocycles. The van der Waals surface area contributed by atoms with Gasteiger partial charge in [-0.3, -0.25) is 4.79 Å². The van der Waals surface area contributed by atoms with Crippen LogP contribution in [-0.2, 0) is 10.0 Å². The Morgan fingerprint density at radius 3 is 2.75 bits per heavy atom. The molecule has 136 valence electrons. The summed E-state index contributed by atoms with van der Waals surface area (Å²) in [6, 6.07) is 2.14. The van der Waals surface area contributed by atoms with Crippen molar-refractivity contribution in [3.63, 3.8) is 0 Å². The molecule has 0 bridgehead atoms. The average Bonchev–Trinajstić information content (AvgIpc) is 2.88. The molecule has 1 unspecified atom stereocenters. The molecule has 1 aliphatic heterocycles. The summed E-state index contributed by atoms with van der Waals surface area (Å²) in [5.41, 5.74) is 0.680. The number of carbonyl (C=O) groups excluding carboxylic acids is 1. The van der Waals surface area contributed by atoms with Crippen LogP contribution in [0.3, 0.4) is 0 Å². The summed E-state index contributed by atoms with van der Waals surface area (Å²) in [5, 5.41) is 0. The highest BCUT2D eigenvalue weighted by Gasteiger charge is 2.29. The van der Waals surface area contributed by atoms with Crippen molar-refractivity contribution >= 4 is 31.9 Å². The second kappa shape index (κ2) is 8.01. The maximum absolute atomic E-state index is 13.1. The molecule has 1 aromatic heterocycles. The van der Waals surface area contributed by atoms with E-state index in [1.54, 1.807) is 0 Å². The van der Waals surface area contributed by atoms with Gasteiger partial charge in [0, 0.05) is 35.8 Å². The minimum Gasteiger partial charge on any atom is -0.340 e. The fourth-order valence-corrected chi connectivity index (χ4v) is 4.10. The van der Waals surface area contributed by atoms with Gasteiger partial charge in [0.25, 0.3) is 5.91 Å². The van der Waals surface area contributed by atoms with Crippen molar-refractivity contribution in [3.8, 4) is 0 Å². The van der Waals surface area contributed by atoms with Crippen LogP contribution in [0, 0.1) is 0 Å². The zero-order chi connectivity index (χ0) is 17.9. The van der Waals surface area contributed by atoms with Crippen molar-refractivity contribution in [3.05, 3.63) is 22.4 Å². The van der Waals surface area contributed by atoms with Crippen LogP contribution in [-0.4, -0.2) is 49.2 Å². The Balaban J connectivity index is 2.13. The van der Waals surface area contributed by atoms with Gasteiger partial charge >= 0.3 is 0 Å². The fraction of sp³-hybridized carbons (Fsp3) is 0.688. The minimum atomic E-state index is -3.19. The van der Waals surface area contributed by atoms with E-state index in [1.165, 1.54) is 0 Å². The summed E-state index contributed by atoms with van der Waals surface area (Å²) in [5.74, 6) is 0.0263. The third-order valence-electron chi connectivity index (χ3n) is 4.32. The molecule has 1 aromatic rings. The monoisotopic (exact) mass is 419 g/mol. The number of hydrogen-bond acceptors (Lipinski definition) is 3. The van der Waals surface area contributed by atoms with Crippen LogP contribution in [0.5, 0.6) is 0 Å². The second-order valence-electron chi connectivity index (χ2n) is 6.65. The van der Waals surface area contributed by atoms with Gasteiger partial charge in [0.1, 0.15) is 5.69 Å². The first kappa shape index (κ1) is 19.5. The van der Waals surface area contributed by atoms with Crippen LogP contribution in [0.2, 0.25) is 0 Å². The number of hydrogen-bond donors (Lipinski definition) is 1. The Morgan fingerprint density at radius 1 is 1.42 bits per heavy atom. The number of aromatic nitrogens is 1. The summed E-state index contributed by atoms with van der Waals surface area (Å²) >= 11 is 3.45. The van der Waals surface area contributed by atoms with E-state index >= 15 is 0 Å². The standard InChI is InChI=1S/C16H26BrN3O3S/c1-12(2)20-11-13(17)10-15(20)16(21)19-9-5-4-6-14(19)7-8-18-24(3,22)23/h10-12,14,18H,4-9H2,1-3H3. The van der Waals surface area contributed by atoms with Crippen LogP contribution in [0.25, 0.3) is 0 Å². The molecule has 24 heavy (non-hydrogen) atoms. The van der Waals surface area contributed by atoms with E-state index in [2.05, 4.69) is 20.7 Å². The summed E-state index contributed by atoms with van der Waals surface area (Å²) in [6.45, 7) is 5.19. The molecule has 6 nitrogen and oxygen atoms in total. The number of piperidine rings is 1. The third kappa shape index (κ3) is 5.07. The number of halogens is 1. The molecule has 1 atom stereocenters. The number of carbonyl (C=O) groups is 1. The van der Waals surface area contributed by atoms with Gasteiger partial charge in [-0.1, -0.05) is 0 Å². The van der Waals surface area contributed by atoms with E-state index in [1.807, 2.05) is 35.6 Å². The molecule has 1 aliphatic rings. The molecule has 1 N–H and O–H groups in total. The van der Waals surface area contributed by atoms with E-state index in [0.717, 1.165) is 36.5 Å². The van der Waals surface area contributed by atoms with Crippen LogP contribution in [0.15, 0.2) is 16.7 Å². The smallest absolute Gasteiger partial charge is 0.270 e. The molecule has 0 spiro atoms. The zero-order valence-electron chi connectivity index (χ0n) is 14.5. The highest BCUT2D eigenvalue weighted by atomic mass is 79.9. The number of likely N-dealkylation sites (tertiary alicyclic amines) is 1. The Morgan fingerprint density at radius 2 is 2.12 bits per heavy atom. The molecule has 1 fully saturated rings. The SMILES string of the molecule is CC(C)n1cc(Br)cc1C(=O)N1CCCCC1CCNS(C)(=O)=O. The van der Waals surface area contributed by atoms with E-state index in [4.69, 9.17) is 0 Å².